The third-order valence-corrected chi connectivity index (χ3v) is 5.54. The molecule has 0 bridgehead atoms. The minimum atomic E-state index is 0.151. The first-order valence-corrected chi connectivity index (χ1v) is 9.54. The Balaban J connectivity index is 1.45. The SMILES string of the molecule is Nc1ncccc1NCc1cccc(CC(=O)c2cc3ccccc3s2)c1. The molecule has 0 radical (unpaired) electrons. The normalized spacial score (nSPS) is 10.8. The monoisotopic (exact) mass is 373 g/mol. The highest BCUT2D eigenvalue weighted by atomic mass is 32.1. The van der Waals surface area contributed by atoms with Crippen molar-refractivity contribution in [3.8, 4) is 0 Å². The second kappa shape index (κ2) is 7.60. The fourth-order valence-electron chi connectivity index (χ4n) is 3.01. The molecule has 5 heteroatoms. The zero-order valence-corrected chi connectivity index (χ0v) is 15.5. The third-order valence-electron chi connectivity index (χ3n) is 4.38. The van der Waals surface area contributed by atoms with E-state index in [0.717, 1.165) is 31.8 Å². The topological polar surface area (TPSA) is 68.0 Å². The minimum absolute atomic E-state index is 0.151. The van der Waals surface area contributed by atoms with Gasteiger partial charge in [0.05, 0.1) is 10.6 Å². The summed E-state index contributed by atoms with van der Waals surface area (Å²) < 4.78 is 1.15. The minimum Gasteiger partial charge on any atom is -0.382 e. The number of hydrogen-bond donors (Lipinski definition) is 2. The summed E-state index contributed by atoms with van der Waals surface area (Å²) in [5.74, 6) is 0.631. The Bertz CT molecular complexity index is 1070. The van der Waals surface area contributed by atoms with Crippen LogP contribution in [0, 0.1) is 0 Å². The van der Waals surface area contributed by atoms with Gasteiger partial charge in [-0.25, -0.2) is 4.98 Å². The van der Waals surface area contributed by atoms with Gasteiger partial charge in [-0.05, 0) is 40.8 Å². The second-order valence-corrected chi connectivity index (χ2v) is 7.44. The van der Waals surface area contributed by atoms with Crippen molar-refractivity contribution in [1.29, 1.82) is 0 Å². The van der Waals surface area contributed by atoms with Crippen molar-refractivity contribution in [3.63, 3.8) is 0 Å². The van der Waals surface area contributed by atoms with E-state index in [1.807, 2.05) is 60.7 Å². The lowest BCUT2D eigenvalue weighted by molar-refractivity contribution is 0.0997. The lowest BCUT2D eigenvalue weighted by atomic mass is 10.0. The molecule has 2 heterocycles. The predicted molar refractivity (Wildman–Crippen MR) is 112 cm³/mol. The van der Waals surface area contributed by atoms with Gasteiger partial charge < -0.3 is 11.1 Å². The molecule has 3 N–H and O–H groups in total. The van der Waals surface area contributed by atoms with Gasteiger partial charge in [-0.3, -0.25) is 4.79 Å². The molecule has 27 heavy (non-hydrogen) atoms. The van der Waals surface area contributed by atoms with Crippen molar-refractivity contribution in [2.24, 2.45) is 0 Å². The average molecular weight is 373 g/mol. The van der Waals surface area contributed by atoms with Crippen LogP contribution in [0.4, 0.5) is 11.5 Å². The number of Topliss-reactive ketones (excluding diaryl/α,β-unsaturated/α-hetero) is 1. The molecule has 0 saturated heterocycles. The number of anilines is 2. The molecular weight excluding hydrogens is 354 g/mol. The summed E-state index contributed by atoms with van der Waals surface area (Å²) in [7, 11) is 0. The molecule has 2 aromatic carbocycles. The summed E-state index contributed by atoms with van der Waals surface area (Å²) in [4.78, 5) is 17.6. The van der Waals surface area contributed by atoms with E-state index in [-0.39, 0.29) is 5.78 Å². The van der Waals surface area contributed by atoms with E-state index in [4.69, 9.17) is 5.73 Å². The van der Waals surface area contributed by atoms with E-state index < -0.39 is 0 Å². The molecule has 0 amide bonds. The summed E-state index contributed by atoms with van der Waals surface area (Å²) in [6.45, 7) is 0.626. The van der Waals surface area contributed by atoms with Crippen LogP contribution >= 0.6 is 11.3 Å². The molecule has 4 aromatic rings. The summed E-state index contributed by atoms with van der Waals surface area (Å²) in [6, 6.07) is 21.9. The van der Waals surface area contributed by atoms with Gasteiger partial charge in [-0.1, -0.05) is 42.5 Å². The smallest absolute Gasteiger partial charge is 0.177 e. The van der Waals surface area contributed by atoms with Crippen LogP contribution in [0.1, 0.15) is 20.8 Å². The Morgan fingerprint density at radius 2 is 1.85 bits per heavy atom. The molecule has 4 rings (SSSR count). The van der Waals surface area contributed by atoms with Gasteiger partial charge in [0.2, 0.25) is 0 Å². The van der Waals surface area contributed by atoms with Crippen LogP contribution in [-0.2, 0) is 13.0 Å². The zero-order chi connectivity index (χ0) is 18.6. The van der Waals surface area contributed by atoms with Crippen molar-refractivity contribution in [3.05, 3.63) is 88.9 Å². The predicted octanol–water partition coefficient (Wildman–Crippen LogP) is 4.92. The van der Waals surface area contributed by atoms with Gasteiger partial charge in [0.25, 0.3) is 0 Å². The van der Waals surface area contributed by atoms with Crippen molar-refractivity contribution >= 4 is 38.7 Å². The molecule has 0 atom stereocenters. The van der Waals surface area contributed by atoms with Crippen molar-refractivity contribution in [2.75, 3.05) is 11.1 Å². The number of aromatic nitrogens is 1. The van der Waals surface area contributed by atoms with E-state index in [2.05, 4.69) is 16.4 Å². The summed E-state index contributed by atoms with van der Waals surface area (Å²) in [5, 5.41) is 4.41. The van der Waals surface area contributed by atoms with Crippen LogP contribution in [0.2, 0.25) is 0 Å². The largest absolute Gasteiger partial charge is 0.382 e. The molecule has 0 unspecified atom stereocenters. The van der Waals surface area contributed by atoms with Gasteiger partial charge in [0, 0.05) is 23.9 Å². The number of carbonyl (C=O) groups is 1. The highest BCUT2D eigenvalue weighted by molar-refractivity contribution is 7.20. The number of hydrogen-bond acceptors (Lipinski definition) is 5. The Morgan fingerprint density at radius 3 is 2.70 bits per heavy atom. The van der Waals surface area contributed by atoms with Crippen molar-refractivity contribution in [2.45, 2.75) is 13.0 Å². The van der Waals surface area contributed by atoms with Crippen LogP contribution in [0.25, 0.3) is 10.1 Å². The number of benzene rings is 2. The van der Waals surface area contributed by atoms with Gasteiger partial charge in [0.15, 0.2) is 5.78 Å². The Morgan fingerprint density at radius 1 is 1.00 bits per heavy atom. The van der Waals surface area contributed by atoms with Crippen molar-refractivity contribution < 1.29 is 4.79 Å². The number of fused-ring (bicyclic) bond motifs is 1. The maximum Gasteiger partial charge on any atom is 0.177 e. The molecular formula is C22H19N3OS. The second-order valence-electron chi connectivity index (χ2n) is 6.36. The molecule has 0 fully saturated rings. The van der Waals surface area contributed by atoms with Gasteiger partial charge in [-0.15, -0.1) is 11.3 Å². The van der Waals surface area contributed by atoms with Crippen LogP contribution in [0.3, 0.4) is 0 Å². The van der Waals surface area contributed by atoms with Crippen LogP contribution < -0.4 is 11.1 Å². The quantitative estimate of drug-likeness (QED) is 0.471. The van der Waals surface area contributed by atoms with Gasteiger partial charge in [-0.2, -0.15) is 0 Å². The summed E-state index contributed by atoms with van der Waals surface area (Å²) in [5.41, 5.74) is 8.78. The maximum absolute atomic E-state index is 12.7. The van der Waals surface area contributed by atoms with E-state index in [1.54, 1.807) is 17.5 Å². The van der Waals surface area contributed by atoms with Gasteiger partial charge >= 0.3 is 0 Å². The van der Waals surface area contributed by atoms with E-state index in [1.165, 1.54) is 0 Å². The molecule has 0 aliphatic heterocycles. The molecule has 0 spiro atoms. The number of nitrogens with zero attached hydrogens (tertiary/aromatic N) is 1. The highest BCUT2D eigenvalue weighted by Crippen LogP contribution is 2.26. The number of rotatable bonds is 6. The molecule has 0 saturated carbocycles. The first-order valence-electron chi connectivity index (χ1n) is 8.73. The maximum atomic E-state index is 12.7. The standard InChI is InChI=1S/C22H19N3OS/c23-22-18(8-4-10-24-22)25-14-16-6-3-5-15(11-16)12-19(26)21-13-17-7-1-2-9-20(17)27-21/h1-11,13,25H,12,14H2,(H2,23,24). The van der Waals surface area contributed by atoms with Crippen LogP contribution in [-0.4, -0.2) is 10.8 Å². The lowest BCUT2D eigenvalue weighted by Crippen LogP contribution is -2.05. The number of nitrogens with two attached hydrogens (primary N) is 1. The van der Waals surface area contributed by atoms with E-state index in [9.17, 15) is 4.79 Å². The lowest BCUT2D eigenvalue weighted by Gasteiger charge is -2.09. The molecule has 0 aliphatic rings. The molecule has 0 aliphatic carbocycles. The van der Waals surface area contributed by atoms with E-state index >= 15 is 0 Å². The molecule has 2 aromatic heterocycles. The third kappa shape index (κ3) is 3.99. The summed E-state index contributed by atoms with van der Waals surface area (Å²) in [6.07, 6.45) is 2.07. The first-order chi connectivity index (χ1) is 13.2. The van der Waals surface area contributed by atoms with Gasteiger partial charge in [0.1, 0.15) is 5.82 Å². The average Bonchev–Trinajstić information content (AvgIpc) is 3.12. The van der Waals surface area contributed by atoms with Crippen LogP contribution in [0.5, 0.6) is 0 Å². The van der Waals surface area contributed by atoms with Crippen molar-refractivity contribution in [1.82, 2.24) is 4.98 Å². The number of nitrogens with one attached hydrogen (secondary N) is 1. The first kappa shape index (κ1) is 17.2. The molecule has 4 nitrogen and oxygen atoms in total. The fraction of sp³-hybridized carbons (Fsp3) is 0.0909. The number of pyridine rings is 1. The van der Waals surface area contributed by atoms with Crippen LogP contribution in [0.15, 0.2) is 72.9 Å². The number of carbonyl (C=O) groups excluding carboxylic acids is 1. The Kier molecular flexibility index (Phi) is 4.85. The highest BCUT2D eigenvalue weighted by Gasteiger charge is 2.11. The fourth-order valence-corrected chi connectivity index (χ4v) is 4.01. The van der Waals surface area contributed by atoms with E-state index in [0.29, 0.717) is 18.8 Å². The number of thiophene rings is 1. The number of nitrogen functional groups attached to an aromatic ring is 1. The zero-order valence-electron chi connectivity index (χ0n) is 14.7. The Labute approximate surface area is 161 Å². The number of ketones is 1. The summed E-state index contributed by atoms with van der Waals surface area (Å²) >= 11 is 1.56. The molecule has 134 valence electrons. The Hall–Kier alpha value is -3.18.